The molecule has 0 aliphatic carbocycles. The van der Waals surface area contributed by atoms with E-state index in [1.54, 1.807) is 0 Å². The van der Waals surface area contributed by atoms with Crippen molar-refractivity contribution in [2.45, 2.75) is 25.7 Å². The maximum absolute atomic E-state index is 13.8. The first kappa shape index (κ1) is 20.9. The third-order valence-electron chi connectivity index (χ3n) is 5.74. The van der Waals surface area contributed by atoms with Crippen LogP contribution in [0, 0.1) is 5.41 Å². The summed E-state index contributed by atoms with van der Waals surface area (Å²) < 4.78 is 1.32. The normalized spacial score (nSPS) is 18.9. The summed E-state index contributed by atoms with van der Waals surface area (Å²) in [5.41, 5.74) is 3.83. The third-order valence-corrected chi connectivity index (χ3v) is 8.78. The average Bonchev–Trinajstić information content (AvgIpc) is 2.96. The molecule has 0 bridgehead atoms. The van der Waals surface area contributed by atoms with Crippen molar-refractivity contribution < 1.29 is 4.79 Å². The van der Waals surface area contributed by atoms with Crippen molar-refractivity contribution in [1.29, 1.82) is 0 Å². The summed E-state index contributed by atoms with van der Waals surface area (Å²) in [7, 11) is 0. The fraction of sp³-hybridized carbons (Fsp3) is 0.192. The topological polar surface area (TPSA) is 20.3 Å². The van der Waals surface area contributed by atoms with Gasteiger partial charge in [-0.05, 0) is 0 Å². The summed E-state index contributed by atoms with van der Waals surface area (Å²) in [6.07, 6.45) is 0. The molecule has 4 rings (SSSR count). The number of carbonyl (C=O) groups is 1. The minimum atomic E-state index is -0.500. The van der Waals surface area contributed by atoms with Crippen LogP contribution in [0.15, 0.2) is 90.5 Å². The van der Waals surface area contributed by atoms with Gasteiger partial charge in [-0.1, -0.05) is 0 Å². The van der Waals surface area contributed by atoms with Gasteiger partial charge in [0.15, 0.2) is 0 Å². The van der Waals surface area contributed by atoms with E-state index >= 15 is 0 Å². The molecule has 1 atom stereocenters. The molecule has 1 unspecified atom stereocenters. The van der Waals surface area contributed by atoms with E-state index in [9.17, 15) is 4.79 Å². The molecule has 1 amide bonds. The van der Waals surface area contributed by atoms with Gasteiger partial charge < -0.3 is 0 Å². The zero-order chi connectivity index (χ0) is 21.1. The Balaban J connectivity index is 1.71. The summed E-state index contributed by atoms with van der Waals surface area (Å²) >= 11 is 6.35. The van der Waals surface area contributed by atoms with Crippen molar-refractivity contribution in [2.24, 2.45) is 5.41 Å². The van der Waals surface area contributed by atoms with Gasteiger partial charge in [-0.15, -0.1) is 0 Å². The Morgan fingerprint density at radius 2 is 1.50 bits per heavy atom. The molecular weight excluding hydrogens is 457 g/mol. The zero-order valence-corrected chi connectivity index (χ0v) is 19.6. The molecule has 1 heterocycles. The van der Waals surface area contributed by atoms with Gasteiger partial charge in [-0.2, -0.15) is 0 Å². The van der Waals surface area contributed by atoms with Crippen molar-refractivity contribution >= 4 is 42.6 Å². The van der Waals surface area contributed by atoms with Crippen LogP contribution in [0.1, 0.15) is 25.0 Å². The molecule has 30 heavy (non-hydrogen) atoms. The Hall–Kier alpha value is -2.32. The Morgan fingerprint density at radius 3 is 2.13 bits per heavy atom. The SMILES string of the molecule is CC1=C(c2ccc(Cl)cc2)N(Cc2ccccc2)C(=O)C1(C)C[Se]c1ccccc1. The maximum atomic E-state index is 13.8. The van der Waals surface area contributed by atoms with E-state index < -0.39 is 5.41 Å². The standard InChI is InChI=1S/C26H24ClNOSe/c1-19-24(21-13-15-22(27)16-14-21)28(17-20-9-5-3-6-10-20)25(29)26(19,2)18-30-23-11-7-4-8-12-23/h3-16H,17-18H2,1-2H3. The minimum absolute atomic E-state index is 0.187. The van der Waals surface area contributed by atoms with E-state index in [1.165, 1.54) is 4.46 Å². The van der Waals surface area contributed by atoms with Crippen molar-refractivity contribution in [2.75, 3.05) is 0 Å². The molecule has 1 aliphatic rings. The van der Waals surface area contributed by atoms with Crippen LogP contribution >= 0.6 is 11.6 Å². The van der Waals surface area contributed by atoms with E-state index in [0.717, 1.165) is 27.7 Å². The summed E-state index contributed by atoms with van der Waals surface area (Å²) in [4.78, 5) is 15.7. The van der Waals surface area contributed by atoms with Gasteiger partial charge in [-0.3, -0.25) is 0 Å². The van der Waals surface area contributed by atoms with Crippen LogP contribution in [0.5, 0.6) is 0 Å². The van der Waals surface area contributed by atoms with Crippen molar-refractivity contribution in [1.82, 2.24) is 4.90 Å². The van der Waals surface area contributed by atoms with E-state index in [2.05, 4.69) is 50.2 Å². The number of rotatable bonds is 6. The predicted octanol–water partition coefficient (Wildman–Crippen LogP) is 5.57. The second kappa shape index (κ2) is 8.81. The Kier molecular flexibility index (Phi) is 6.15. The number of hydrogen-bond acceptors (Lipinski definition) is 1. The molecule has 0 aromatic heterocycles. The van der Waals surface area contributed by atoms with E-state index in [-0.39, 0.29) is 20.9 Å². The van der Waals surface area contributed by atoms with Gasteiger partial charge in [0.2, 0.25) is 0 Å². The van der Waals surface area contributed by atoms with Crippen LogP contribution in [0.3, 0.4) is 0 Å². The summed E-state index contributed by atoms with van der Waals surface area (Å²) in [6, 6.07) is 28.5. The van der Waals surface area contributed by atoms with Crippen molar-refractivity contribution in [3.05, 3.63) is 107 Å². The van der Waals surface area contributed by atoms with Crippen LogP contribution in [0.4, 0.5) is 0 Å². The molecule has 3 aromatic rings. The summed E-state index contributed by atoms with van der Waals surface area (Å²) in [5, 5.41) is 1.54. The zero-order valence-electron chi connectivity index (χ0n) is 17.1. The van der Waals surface area contributed by atoms with Crippen LogP contribution in [-0.2, 0) is 11.3 Å². The molecule has 3 aromatic carbocycles. The predicted molar refractivity (Wildman–Crippen MR) is 126 cm³/mol. The van der Waals surface area contributed by atoms with Gasteiger partial charge >= 0.3 is 190 Å². The second-order valence-corrected chi connectivity index (χ2v) is 10.4. The van der Waals surface area contributed by atoms with Gasteiger partial charge in [-0.25, -0.2) is 0 Å². The fourth-order valence-corrected chi connectivity index (χ4v) is 6.36. The van der Waals surface area contributed by atoms with Gasteiger partial charge in [0.05, 0.1) is 0 Å². The number of carbonyl (C=O) groups excluding carboxylic acids is 1. The van der Waals surface area contributed by atoms with Crippen LogP contribution in [0.2, 0.25) is 10.3 Å². The molecule has 0 saturated carbocycles. The molecule has 2 nitrogen and oxygen atoms in total. The molecule has 0 N–H and O–H groups in total. The quantitative estimate of drug-likeness (QED) is 0.422. The van der Waals surface area contributed by atoms with Crippen molar-refractivity contribution in [3.63, 3.8) is 0 Å². The first-order valence-corrected chi connectivity index (χ1v) is 12.4. The number of benzene rings is 3. The second-order valence-electron chi connectivity index (χ2n) is 7.79. The van der Waals surface area contributed by atoms with E-state index in [1.807, 2.05) is 53.4 Å². The van der Waals surface area contributed by atoms with Gasteiger partial charge in [0, 0.05) is 0 Å². The first-order valence-electron chi connectivity index (χ1n) is 10.00. The van der Waals surface area contributed by atoms with Crippen LogP contribution in [0.25, 0.3) is 5.70 Å². The molecular formula is C26H24ClNOSe. The third kappa shape index (κ3) is 4.11. The summed E-state index contributed by atoms with van der Waals surface area (Å²) in [6.45, 7) is 4.80. The Morgan fingerprint density at radius 1 is 0.900 bits per heavy atom. The first-order chi connectivity index (χ1) is 14.5. The number of amides is 1. The number of hydrogen-bond donors (Lipinski definition) is 0. The van der Waals surface area contributed by atoms with E-state index in [4.69, 9.17) is 11.6 Å². The molecule has 0 fully saturated rings. The van der Waals surface area contributed by atoms with Gasteiger partial charge in [0.25, 0.3) is 0 Å². The molecule has 0 radical (unpaired) electrons. The molecule has 1 aliphatic heterocycles. The van der Waals surface area contributed by atoms with E-state index in [0.29, 0.717) is 11.6 Å². The van der Waals surface area contributed by atoms with Crippen LogP contribution in [-0.4, -0.2) is 25.8 Å². The number of nitrogens with zero attached hydrogens (tertiary/aromatic N) is 1. The Labute approximate surface area is 189 Å². The monoisotopic (exact) mass is 481 g/mol. The molecule has 0 saturated heterocycles. The summed E-state index contributed by atoms with van der Waals surface area (Å²) in [5.74, 6) is 0.187. The van der Waals surface area contributed by atoms with Crippen LogP contribution < -0.4 is 4.46 Å². The Bertz CT molecular complexity index is 1060. The molecule has 152 valence electrons. The average molecular weight is 481 g/mol. The molecule has 0 spiro atoms. The fourth-order valence-electron chi connectivity index (χ4n) is 3.83. The number of halogens is 1. The van der Waals surface area contributed by atoms with Gasteiger partial charge in [0.1, 0.15) is 0 Å². The van der Waals surface area contributed by atoms with Crippen molar-refractivity contribution in [3.8, 4) is 0 Å². The molecule has 4 heteroatoms.